The smallest absolute Gasteiger partial charge is 0.308 e. The van der Waals surface area contributed by atoms with Gasteiger partial charge in [-0.1, -0.05) is 38.7 Å². The molecular weight excluding hydrogens is 238 g/mol. The number of esters is 1. The number of rotatable bonds is 7. The largest absolute Gasteiger partial charge is 0.425 e. The van der Waals surface area contributed by atoms with Gasteiger partial charge in [0.05, 0.1) is 5.56 Å². The number of hydrogen-bond acceptors (Lipinski definition) is 3. The zero-order valence-electron chi connectivity index (χ0n) is 11.7. The molecule has 0 amide bonds. The quantitative estimate of drug-likeness (QED) is 0.422. The fourth-order valence-corrected chi connectivity index (χ4v) is 2.00. The van der Waals surface area contributed by atoms with Gasteiger partial charge in [0.15, 0.2) is 0 Å². The van der Waals surface area contributed by atoms with Crippen molar-refractivity contribution in [2.75, 3.05) is 0 Å². The molecular formula is C16H21NO2. The van der Waals surface area contributed by atoms with E-state index in [1.54, 1.807) is 6.07 Å². The number of aryl methyl sites for hydroxylation is 1. The fourth-order valence-electron chi connectivity index (χ4n) is 2.00. The van der Waals surface area contributed by atoms with E-state index in [-0.39, 0.29) is 0 Å². The maximum atomic E-state index is 10.9. The molecule has 0 aliphatic carbocycles. The molecule has 0 aliphatic heterocycles. The molecule has 0 unspecified atom stereocenters. The predicted octanol–water partition coefficient (Wildman–Crippen LogP) is 4.00. The fraction of sp³-hybridized carbons (Fsp3) is 0.500. The molecule has 0 aromatic heterocycles. The van der Waals surface area contributed by atoms with Gasteiger partial charge in [-0.15, -0.1) is 0 Å². The van der Waals surface area contributed by atoms with Crippen molar-refractivity contribution >= 4 is 5.97 Å². The second-order valence-electron chi connectivity index (χ2n) is 4.70. The van der Waals surface area contributed by atoms with Crippen molar-refractivity contribution in [2.24, 2.45) is 0 Å². The number of nitriles is 1. The predicted molar refractivity (Wildman–Crippen MR) is 74.9 cm³/mol. The van der Waals surface area contributed by atoms with E-state index in [4.69, 9.17) is 10.00 Å². The summed E-state index contributed by atoms with van der Waals surface area (Å²) in [6.07, 6.45) is 7.13. The van der Waals surface area contributed by atoms with Crippen LogP contribution in [0.2, 0.25) is 0 Å². The molecule has 0 N–H and O–H groups in total. The Balaban J connectivity index is 2.57. The lowest BCUT2D eigenvalue weighted by molar-refractivity contribution is -0.131. The Morgan fingerprint density at radius 1 is 1.26 bits per heavy atom. The first kappa shape index (κ1) is 15.2. The summed E-state index contributed by atoms with van der Waals surface area (Å²) in [6, 6.07) is 7.53. The maximum Gasteiger partial charge on any atom is 0.308 e. The first-order valence-corrected chi connectivity index (χ1v) is 6.88. The summed E-state index contributed by atoms with van der Waals surface area (Å²) in [5, 5.41) is 9.06. The number of benzene rings is 1. The van der Waals surface area contributed by atoms with Crippen LogP contribution in [0.15, 0.2) is 18.2 Å². The normalized spacial score (nSPS) is 9.95. The second kappa shape index (κ2) is 8.31. The third kappa shape index (κ3) is 5.56. The van der Waals surface area contributed by atoms with E-state index in [0.29, 0.717) is 11.3 Å². The summed E-state index contributed by atoms with van der Waals surface area (Å²) in [6.45, 7) is 3.54. The summed E-state index contributed by atoms with van der Waals surface area (Å²) < 4.78 is 4.99. The summed E-state index contributed by atoms with van der Waals surface area (Å²) >= 11 is 0. The van der Waals surface area contributed by atoms with Crippen LogP contribution in [0, 0.1) is 11.3 Å². The summed E-state index contributed by atoms with van der Waals surface area (Å²) in [4.78, 5) is 10.9. The van der Waals surface area contributed by atoms with E-state index in [0.717, 1.165) is 18.4 Å². The molecule has 0 aliphatic rings. The lowest BCUT2D eigenvalue weighted by Crippen LogP contribution is -2.03. The molecule has 0 spiro atoms. The van der Waals surface area contributed by atoms with Crippen LogP contribution in [-0.2, 0) is 11.2 Å². The zero-order valence-corrected chi connectivity index (χ0v) is 11.7. The maximum absolute atomic E-state index is 10.9. The minimum Gasteiger partial charge on any atom is -0.425 e. The van der Waals surface area contributed by atoms with E-state index in [9.17, 15) is 4.79 Å². The second-order valence-corrected chi connectivity index (χ2v) is 4.70. The van der Waals surface area contributed by atoms with E-state index in [1.807, 2.05) is 12.1 Å². The van der Waals surface area contributed by atoms with Crippen LogP contribution in [0.4, 0.5) is 0 Å². The van der Waals surface area contributed by atoms with Gasteiger partial charge in [-0.2, -0.15) is 5.26 Å². The van der Waals surface area contributed by atoms with Crippen molar-refractivity contribution in [3.63, 3.8) is 0 Å². The minimum absolute atomic E-state index is 0.352. The molecule has 0 saturated heterocycles. The van der Waals surface area contributed by atoms with Crippen LogP contribution >= 0.6 is 0 Å². The molecule has 102 valence electrons. The molecule has 3 heteroatoms. The first-order chi connectivity index (χ1) is 9.17. The first-order valence-electron chi connectivity index (χ1n) is 6.88. The Morgan fingerprint density at radius 2 is 2.00 bits per heavy atom. The van der Waals surface area contributed by atoms with Crippen molar-refractivity contribution < 1.29 is 9.53 Å². The van der Waals surface area contributed by atoms with Crippen LogP contribution in [0.5, 0.6) is 5.75 Å². The number of ether oxygens (including phenoxy) is 1. The highest BCUT2D eigenvalue weighted by Crippen LogP contribution is 2.21. The van der Waals surface area contributed by atoms with E-state index in [1.165, 1.54) is 32.6 Å². The Morgan fingerprint density at radius 3 is 2.63 bits per heavy atom. The van der Waals surface area contributed by atoms with Gasteiger partial charge in [0.1, 0.15) is 11.8 Å². The van der Waals surface area contributed by atoms with E-state index in [2.05, 4.69) is 13.0 Å². The number of hydrogen-bond donors (Lipinski definition) is 0. The topological polar surface area (TPSA) is 50.1 Å². The standard InChI is InChI=1S/C16H21NO2/c1-3-4-5-6-7-8-14-9-10-16(19-13(2)18)15(11-14)12-17/h9-11H,3-8H2,1-2H3. The molecule has 3 nitrogen and oxygen atoms in total. The van der Waals surface area contributed by atoms with Gasteiger partial charge in [0.25, 0.3) is 0 Å². The van der Waals surface area contributed by atoms with Gasteiger partial charge in [0.2, 0.25) is 0 Å². The summed E-state index contributed by atoms with van der Waals surface area (Å²) in [7, 11) is 0. The third-order valence-electron chi connectivity index (χ3n) is 2.99. The van der Waals surface area contributed by atoms with Gasteiger partial charge < -0.3 is 4.74 Å². The van der Waals surface area contributed by atoms with E-state index < -0.39 is 5.97 Å². The van der Waals surface area contributed by atoms with Gasteiger partial charge in [0, 0.05) is 6.92 Å². The van der Waals surface area contributed by atoms with Gasteiger partial charge in [-0.25, -0.2) is 0 Å². The highest BCUT2D eigenvalue weighted by molar-refractivity contribution is 5.70. The molecule has 0 saturated carbocycles. The van der Waals surface area contributed by atoms with Gasteiger partial charge >= 0.3 is 5.97 Å². The molecule has 0 radical (unpaired) electrons. The van der Waals surface area contributed by atoms with E-state index >= 15 is 0 Å². The summed E-state index contributed by atoms with van der Waals surface area (Å²) in [5.74, 6) is -0.0476. The van der Waals surface area contributed by atoms with Crippen LogP contribution in [0.25, 0.3) is 0 Å². The Kier molecular flexibility index (Phi) is 6.67. The van der Waals surface area contributed by atoms with Crippen LogP contribution < -0.4 is 4.74 Å². The molecule has 0 atom stereocenters. The molecule has 0 bridgehead atoms. The van der Waals surface area contributed by atoms with Crippen molar-refractivity contribution in [3.8, 4) is 11.8 Å². The Labute approximate surface area is 115 Å². The lowest BCUT2D eigenvalue weighted by atomic mass is 10.0. The van der Waals surface area contributed by atoms with Crippen LogP contribution in [0.3, 0.4) is 0 Å². The van der Waals surface area contributed by atoms with Crippen molar-refractivity contribution in [3.05, 3.63) is 29.3 Å². The number of carbonyl (C=O) groups is 1. The monoisotopic (exact) mass is 259 g/mol. The van der Waals surface area contributed by atoms with Gasteiger partial charge in [-0.05, 0) is 30.5 Å². The summed E-state index contributed by atoms with van der Waals surface area (Å²) in [5.41, 5.74) is 1.56. The molecule has 1 aromatic carbocycles. The zero-order chi connectivity index (χ0) is 14.1. The van der Waals surface area contributed by atoms with Crippen molar-refractivity contribution in [1.29, 1.82) is 5.26 Å². The van der Waals surface area contributed by atoms with Gasteiger partial charge in [-0.3, -0.25) is 4.79 Å². The molecule has 19 heavy (non-hydrogen) atoms. The number of carbonyl (C=O) groups excluding carboxylic acids is 1. The highest BCUT2D eigenvalue weighted by atomic mass is 16.5. The number of unbranched alkanes of at least 4 members (excludes halogenated alkanes) is 4. The Hall–Kier alpha value is -1.82. The van der Waals surface area contributed by atoms with Crippen LogP contribution in [-0.4, -0.2) is 5.97 Å². The molecule has 1 rings (SSSR count). The molecule has 0 fully saturated rings. The molecule has 1 aromatic rings. The average Bonchev–Trinajstić information content (AvgIpc) is 2.39. The Bertz CT molecular complexity index is 460. The minimum atomic E-state index is -0.399. The molecule has 0 heterocycles. The van der Waals surface area contributed by atoms with Crippen molar-refractivity contribution in [2.45, 2.75) is 52.4 Å². The SMILES string of the molecule is CCCCCCCc1ccc(OC(C)=O)c(C#N)c1. The average molecular weight is 259 g/mol. The lowest BCUT2D eigenvalue weighted by Gasteiger charge is -2.06. The highest BCUT2D eigenvalue weighted by Gasteiger charge is 2.07. The number of nitrogens with zero attached hydrogens (tertiary/aromatic N) is 1. The van der Waals surface area contributed by atoms with Crippen molar-refractivity contribution in [1.82, 2.24) is 0 Å². The van der Waals surface area contributed by atoms with Crippen LogP contribution in [0.1, 0.15) is 57.1 Å². The third-order valence-corrected chi connectivity index (χ3v) is 2.99.